The van der Waals surface area contributed by atoms with Crippen LogP contribution >= 0.6 is 23.2 Å². The largest absolute Gasteiger partial charge is 0.495 e. The summed E-state index contributed by atoms with van der Waals surface area (Å²) in [6.45, 7) is 6.91. The second kappa shape index (κ2) is 18.1. The van der Waals surface area contributed by atoms with Gasteiger partial charge in [-0.1, -0.05) is 81.8 Å². The number of aliphatic hydroxyl groups excluding tert-OH is 1. The van der Waals surface area contributed by atoms with Gasteiger partial charge in [0.15, 0.2) is 6.10 Å². The second-order valence-electron chi connectivity index (χ2n) is 12.2. The molecular formula is C35H44Cl2N2O8. The molecule has 2 amide bonds. The zero-order valence-electron chi connectivity index (χ0n) is 27.3. The molecule has 1 heterocycles. The van der Waals surface area contributed by atoms with Crippen LogP contribution in [0.2, 0.25) is 5.02 Å². The zero-order valence-corrected chi connectivity index (χ0v) is 28.8. The van der Waals surface area contributed by atoms with E-state index in [4.69, 9.17) is 37.4 Å². The van der Waals surface area contributed by atoms with E-state index in [2.05, 4.69) is 10.6 Å². The van der Waals surface area contributed by atoms with Gasteiger partial charge in [0.1, 0.15) is 17.9 Å². The summed E-state index contributed by atoms with van der Waals surface area (Å²) >= 11 is 12.9. The Labute approximate surface area is 286 Å². The maximum atomic E-state index is 13.5. The van der Waals surface area contributed by atoms with E-state index in [0.717, 1.165) is 0 Å². The molecule has 0 unspecified atom stereocenters. The number of carbonyl (C=O) groups excluding carboxylic acids is 4. The van der Waals surface area contributed by atoms with Crippen molar-refractivity contribution in [3.05, 3.63) is 76.8 Å². The Morgan fingerprint density at radius 1 is 1.02 bits per heavy atom. The third-order valence-corrected chi connectivity index (χ3v) is 8.73. The van der Waals surface area contributed by atoms with E-state index >= 15 is 0 Å². The lowest BCUT2D eigenvalue weighted by Crippen LogP contribution is -2.49. The zero-order chi connectivity index (χ0) is 34.7. The number of benzene rings is 2. The molecule has 0 radical (unpaired) electrons. The van der Waals surface area contributed by atoms with Gasteiger partial charge in [-0.15, -0.1) is 11.6 Å². The number of cyclic esters (lactones) is 2. The first-order valence-corrected chi connectivity index (χ1v) is 16.5. The van der Waals surface area contributed by atoms with Crippen molar-refractivity contribution < 1.29 is 38.5 Å². The molecule has 12 heteroatoms. The molecule has 0 aliphatic carbocycles. The number of amides is 2. The van der Waals surface area contributed by atoms with Crippen LogP contribution in [0.25, 0.3) is 0 Å². The molecule has 0 fully saturated rings. The molecule has 10 nitrogen and oxygen atoms in total. The number of hydrogen-bond donors (Lipinski definition) is 3. The van der Waals surface area contributed by atoms with Crippen LogP contribution in [0.4, 0.5) is 0 Å². The Balaban J connectivity index is 1.92. The van der Waals surface area contributed by atoms with Gasteiger partial charge >= 0.3 is 11.9 Å². The predicted octanol–water partition coefficient (Wildman–Crippen LogP) is 4.93. The van der Waals surface area contributed by atoms with Gasteiger partial charge in [-0.05, 0) is 41.7 Å². The first-order chi connectivity index (χ1) is 22.3. The number of esters is 2. The fourth-order valence-electron chi connectivity index (χ4n) is 5.06. The molecule has 0 aromatic heterocycles. The molecule has 3 rings (SSSR count). The van der Waals surface area contributed by atoms with Crippen molar-refractivity contribution in [1.82, 2.24) is 10.6 Å². The summed E-state index contributed by atoms with van der Waals surface area (Å²) in [5, 5.41) is 16.2. The van der Waals surface area contributed by atoms with E-state index in [9.17, 15) is 24.3 Å². The molecule has 0 spiro atoms. The molecule has 47 heavy (non-hydrogen) atoms. The number of carbonyl (C=O) groups is 4. The van der Waals surface area contributed by atoms with E-state index in [0.29, 0.717) is 21.9 Å². The van der Waals surface area contributed by atoms with Crippen molar-refractivity contribution >= 4 is 47.0 Å². The molecule has 2 aromatic carbocycles. The highest BCUT2D eigenvalue weighted by Crippen LogP contribution is 2.32. The molecule has 0 saturated carbocycles. The van der Waals surface area contributed by atoms with Gasteiger partial charge in [0, 0.05) is 25.3 Å². The summed E-state index contributed by atoms with van der Waals surface area (Å²) in [5.41, 5.74) is 1.36. The first kappa shape index (κ1) is 37.9. The van der Waals surface area contributed by atoms with Crippen LogP contribution in [0.15, 0.2) is 60.7 Å². The summed E-state index contributed by atoms with van der Waals surface area (Å²) in [7, 11) is 1.49. The highest BCUT2D eigenvalue weighted by Gasteiger charge is 2.36. The smallest absolute Gasteiger partial charge is 0.347 e. The molecule has 1 aliphatic rings. The van der Waals surface area contributed by atoms with Gasteiger partial charge in [-0.2, -0.15) is 0 Å². The number of ether oxygens (including phenoxy) is 3. The maximum Gasteiger partial charge on any atom is 0.347 e. The predicted molar refractivity (Wildman–Crippen MR) is 179 cm³/mol. The van der Waals surface area contributed by atoms with Crippen molar-refractivity contribution in [3.63, 3.8) is 0 Å². The quantitative estimate of drug-likeness (QED) is 0.249. The van der Waals surface area contributed by atoms with Crippen molar-refractivity contribution in [1.29, 1.82) is 0 Å². The second-order valence-corrected chi connectivity index (χ2v) is 13.1. The van der Waals surface area contributed by atoms with Gasteiger partial charge < -0.3 is 30.0 Å². The highest BCUT2D eigenvalue weighted by atomic mass is 35.5. The normalized spacial score (nSPS) is 23.6. The fraction of sp³-hybridized carbons (Fsp3) is 0.486. The topological polar surface area (TPSA) is 140 Å². The SMILES string of the molecule is COc1ccc(C[C@H]2NC(=O)C=CC[C@@H]([C@H](C)[C@@H](O)[C@@H](Cl)c3ccccc3)OC(=O)[C@H](CC(C)C)OC(=O)[C@H](C)CNC2=O)cc1Cl. The third kappa shape index (κ3) is 11.3. The first-order valence-electron chi connectivity index (χ1n) is 15.7. The van der Waals surface area contributed by atoms with Crippen LogP contribution in [0.5, 0.6) is 5.75 Å². The van der Waals surface area contributed by atoms with E-state index in [1.165, 1.54) is 19.3 Å². The van der Waals surface area contributed by atoms with Gasteiger partial charge in [0.25, 0.3) is 0 Å². The minimum atomic E-state index is -1.22. The third-order valence-electron chi connectivity index (χ3n) is 7.93. The lowest BCUT2D eigenvalue weighted by Gasteiger charge is -2.31. The van der Waals surface area contributed by atoms with Crippen molar-refractivity contribution in [2.24, 2.45) is 17.8 Å². The average Bonchev–Trinajstić information content (AvgIpc) is 3.04. The van der Waals surface area contributed by atoms with Crippen LogP contribution in [0.1, 0.15) is 57.0 Å². The Kier molecular flexibility index (Phi) is 14.6. The van der Waals surface area contributed by atoms with Crippen LogP contribution < -0.4 is 15.4 Å². The Morgan fingerprint density at radius 2 is 1.72 bits per heavy atom. The number of nitrogens with one attached hydrogen (secondary N) is 2. The molecule has 256 valence electrons. The van der Waals surface area contributed by atoms with E-state index in [1.807, 2.05) is 19.9 Å². The average molecular weight is 692 g/mol. The van der Waals surface area contributed by atoms with Crippen LogP contribution in [-0.2, 0) is 35.1 Å². The lowest BCUT2D eigenvalue weighted by atomic mass is 9.90. The molecule has 0 bridgehead atoms. The van der Waals surface area contributed by atoms with Crippen LogP contribution in [0.3, 0.4) is 0 Å². The minimum Gasteiger partial charge on any atom is -0.495 e. The Hall–Kier alpha value is -3.60. The number of methoxy groups -OCH3 is 1. The van der Waals surface area contributed by atoms with E-state index < -0.39 is 65.3 Å². The number of rotatable bonds is 9. The number of hydrogen-bond acceptors (Lipinski definition) is 8. The molecule has 2 aromatic rings. The van der Waals surface area contributed by atoms with Crippen molar-refractivity contribution in [2.75, 3.05) is 13.7 Å². The lowest BCUT2D eigenvalue weighted by molar-refractivity contribution is -0.177. The highest BCUT2D eigenvalue weighted by molar-refractivity contribution is 6.32. The number of alkyl halides is 1. The van der Waals surface area contributed by atoms with Crippen LogP contribution in [-0.4, -0.2) is 66.9 Å². The summed E-state index contributed by atoms with van der Waals surface area (Å²) < 4.78 is 16.7. The molecule has 3 N–H and O–H groups in total. The maximum absolute atomic E-state index is 13.5. The van der Waals surface area contributed by atoms with Gasteiger partial charge in [0.05, 0.1) is 29.5 Å². The van der Waals surface area contributed by atoms with E-state index in [1.54, 1.807) is 56.3 Å². The summed E-state index contributed by atoms with van der Waals surface area (Å²) in [4.78, 5) is 52.9. The van der Waals surface area contributed by atoms with Crippen molar-refractivity contribution in [3.8, 4) is 5.75 Å². The van der Waals surface area contributed by atoms with Gasteiger partial charge in [-0.25, -0.2) is 4.79 Å². The number of aliphatic hydroxyl groups is 1. The Morgan fingerprint density at radius 3 is 2.36 bits per heavy atom. The summed E-state index contributed by atoms with van der Waals surface area (Å²) in [5.74, 6) is -3.64. The molecule has 0 saturated heterocycles. The Bertz CT molecular complexity index is 1400. The standard InChI is InChI=1S/C35H44Cl2N2O8/c1-20(2)16-29-35(44)46-27(22(4)32(41)31(37)24-10-7-6-8-11-24)12-9-13-30(40)39-26(33(42)38-19-21(3)34(43)47-29)18-23-14-15-28(45-5)25(36)17-23/h6-11,13-15,17,20-22,26-27,29,31-32,41H,12,16,18-19H2,1-5H3,(H,38,42)(H,39,40)/t21-,22+,26-,27+,29+,31+,32-/m1/s1. The fourth-order valence-corrected chi connectivity index (χ4v) is 5.72. The molecule has 7 atom stereocenters. The van der Waals surface area contributed by atoms with Gasteiger partial charge in [-0.3, -0.25) is 14.4 Å². The monoisotopic (exact) mass is 690 g/mol. The summed E-state index contributed by atoms with van der Waals surface area (Å²) in [6, 6.07) is 13.0. The molecular weight excluding hydrogens is 647 g/mol. The summed E-state index contributed by atoms with van der Waals surface area (Å²) in [6.07, 6.45) is -0.230. The van der Waals surface area contributed by atoms with Gasteiger partial charge in [0.2, 0.25) is 11.8 Å². The molecule has 1 aliphatic heterocycles. The van der Waals surface area contributed by atoms with E-state index in [-0.39, 0.29) is 31.7 Å². The van der Waals surface area contributed by atoms with Crippen LogP contribution in [0, 0.1) is 17.8 Å². The minimum absolute atomic E-state index is 0.0245. The number of halogens is 2. The van der Waals surface area contributed by atoms with Crippen molar-refractivity contribution in [2.45, 2.75) is 76.7 Å².